The zero-order chi connectivity index (χ0) is 28.5. The normalized spacial score (nSPS) is 28.7. The quantitative estimate of drug-likeness (QED) is 0.227. The average molecular weight is 554 g/mol. The molecule has 4 heterocycles. The summed E-state index contributed by atoms with van der Waals surface area (Å²) in [6.07, 6.45) is 5.71. The van der Waals surface area contributed by atoms with Crippen LogP contribution in [0, 0.1) is 11.8 Å². The molecule has 11 nitrogen and oxygen atoms in total. The second-order valence-electron chi connectivity index (χ2n) is 11.2. The number of benzene rings is 1. The highest BCUT2D eigenvalue weighted by Gasteiger charge is 2.78. The van der Waals surface area contributed by atoms with Crippen molar-refractivity contribution in [1.82, 2.24) is 24.8 Å². The van der Waals surface area contributed by atoms with Crippen LogP contribution < -0.4 is 0 Å². The highest BCUT2D eigenvalue weighted by Crippen LogP contribution is 2.63. The summed E-state index contributed by atoms with van der Waals surface area (Å²) in [7, 11) is 0. The van der Waals surface area contributed by atoms with E-state index in [2.05, 4.69) is 16.9 Å². The molecule has 5 atom stereocenters. The second-order valence-corrected chi connectivity index (χ2v) is 11.2. The third-order valence-electron chi connectivity index (χ3n) is 8.74. The summed E-state index contributed by atoms with van der Waals surface area (Å²) in [5.74, 6) is -2.49. The van der Waals surface area contributed by atoms with Crippen molar-refractivity contribution in [2.45, 2.75) is 76.3 Å². The van der Waals surface area contributed by atoms with Crippen LogP contribution in [0.25, 0.3) is 11.0 Å². The molecule has 40 heavy (non-hydrogen) atoms. The van der Waals surface area contributed by atoms with E-state index >= 15 is 0 Å². The van der Waals surface area contributed by atoms with Gasteiger partial charge >= 0.3 is 5.97 Å². The predicted octanol–water partition coefficient (Wildman–Crippen LogP) is 2.28. The Labute approximate surface area is 234 Å². The second kappa shape index (κ2) is 11.3. The molecule has 2 bridgehead atoms. The molecule has 216 valence electrons. The molecule has 0 saturated carbocycles. The molecule has 3 fully saturated rings. The van der Waals surface area contributed by atoms with Crippen molar-refractivity contribution in [2.24, 2.45) is 11.8 Å². The molecule has 5 rings (SSSR count). The van der Waals surface area contributed by atoms with Gasteiger partial charge in [0.1, 0.15) is 29.7 Å². The summed E-state index contributed by atoms with van der Waals surface area (Å²) in [6.45, 7) is 8.51. The fourth-order valence-electron chi connectivity index (χ4n) is 7.01. The summed E-state index contributed by atoms with van der Waals surface area (Å²) in [5.41, 5.74) is -0.480. The Morgan fingerprint density at radius 1 is 1.25 bits per heavy atom. The lowest BCUT2D eigenvalue weighted by Gasteiger charge is -2.36. The van der Waals surface area contributed by atoms with Gasteiger partial charge in [0.25, 0.3) is 0 Å². The monoisotopic (exact) mass is 553 g/mol. The number of carbonyl (C=O) groups is 3. The van der Waals surface area contributed by atoms with Crippen LogP contribution in [0.5, 0.6) is 0 Å². The highest BCUT2D eigenvalue weighted by molar-refractivity contribution is 5.98. The average Bonchev–Trinajstić information content (AvgIpc) is 3.64. The number of likely N-dealkylation sites (tertiary alicyclic amines) is 1. The van der Waals surface area contributed by atoms with E-state index in [1.54, 1.807) is 27.5 Å². The van der Waals surface area contributed by atoms with E-state index in [0.29, 0.717) is 32.2 Å². The number of aliphatic hydroxyl groups excluding tert-OH is 1. The number of aliphatic hydroxyl groups is 1. The number of carbonyl (C=O) groups excluding carboxylic acids is 3. The van der Waals surface area contributed by atoms with Gasteiger partial charge in [0, 0.05) is 19.7 Å². The molecule has 1 aromatic heterocycles. The molecule has 3 aliphatic heterocycles. The minimum Gasteiger partial charge on any atom is -0.466 e. The van der Waals surface area contributed by atoms with Crippen LogP contribution in [0.2, 0.25) is 0 Å². The minimum atomic E-state index is -1.12. The van der Waals surface area contributed by atoms with Crippen molar-refractivity contribution in [1.29, 1.82) is 0 Å². The van der Waals surface area contributed by atoms with E-state index < -0.39 is 35.0 Å². The van der Waals surface area contributed by atoms with E-state index in [1.807, 2.05) is 31.2 Å². The Kier molecular flexibility index (Phi) is 7.96. The molecule has 0 radical (unpaired) electrons. The van der Waals surface area contributed by atoms with Crippen LogP contribution in [0.3, 0.4) is 0 Å². The van der Waals surface area contributed by atoms with Crippen LogP contribution in [-0.2, 0) is 30.5 Å². The van der Waals surface area contributed by atoms with Gasteiger partial charge in [-0.15, -0.1) is 11.7 Å². The van der Waals surface area contributed by atoms with E-state index in [0.717, 1.165) is 23.9 Å². The van der Waals surface area contributed by atoms with Crippen LogP contribution in [-0.4, -0.2) is 91.2 Å². The standard InChI is InChI=1S/C29H39N5O6/c1-4-16-32(19-34-21-13-9-8-12-20(21)30-31-34)26(37)24-29-15-14-28(3,40-29)23(27(38)39-5-2)22(29)25(36)33(24)17-10-6-7-11-18-35/h4,8-9,12-13,22-24,35H,1,5-7,10-11,14-19H2,2-3H3/t22-,23+,24?,28-,29?/m0/s1. The summed E-state index contributed by atoms with van der Waals surface area (Å²) >= 11 is 0. The van der Waals surface area contributed by atoms with Gasteiger partial charge in [-0.1, -0.05) is 36.3 Å². The molecule has 2 amide bonds. The van der Waals surface area contributed by atoms with Gasteiger partial charge in [-0.05, 0) is 51.7 Å². The van der Waals surface area contributed by atoms with Gasteiger partial charge < -0.3 is 24.4 Å². The minimum absolute atomic E-state index is 0.121. The molecular formula is C29H39N5O6. The van der Waals surface area contributed by atoms with Crippen molar-refractivity contribution in [3.63, 3.8) is 0 Å². The highest BCUT2D eigenvalue weighted by atomic mass is 16.6. The van der Waals surface area contributed by atoms with Gasteiger partial charge in [-0.3, -0.25) is 14.4 Å². The number of amides is 2. The number of hydrogen-bond donors (Lipinski definition) is 1. The van der Waals surface area contributed by atoms with E-state index in [9.17, 15) is 14.4 Å². The van der Waals surface area contributed by atoms with Gasteiger partial charge in [0.15, 0.2) is 0 Å². The van der Waals surface area contributed by atoms with E-state index in [-0.39, 0.29) is 38.2 Å². The van der Waals surface area contributed by atoms with Crippen LogP contribution in [0.15, 0.2) is 36.9 Å². The lowest BCUT2D eigenvalue weighted by atomic mass is 9.66. The molecule has 2 unspecified atom stereocenters. The molecule has 0 aliphatic carbocycles. The number of hydrogen-bond acceptors (Lipinski definition) is 8. The SMILES string of the molecule is C=CCN(Cn1nnc2ccccc21)C(=O)C1N(CCCCCCO)C(=O)[C@@H]2[C@H](C(=O)OCC)[C@]3(C)CCC12O3. The number of aromatic nitrogens is 3. The summed E-state index contributed by atoms with van der Waals surface area (Å²) in [4.78, 5) is 45.1. The number of rotatable bonds is 13. The summed E-state index contributed by atoms with van der Waals surface area (Å²) < 4.78 is 13.7. The first kappa shape index (κ1) is 28.2. The number of fused-ring (bicyclic) bond motifs is 2. The number of esters is 1. The largest absolute Gasteiger partial charge is 0.466 e. The Balaban J connectivity index is 1.49. The molecule has 1 spiro atoms. The van der Waals surface area contributed by atoms with Crippen LogP contribution in [0.1, 0.15) is 52.4 Å². The van der Waals surface area contributed by atoms with Crippen molar-refractivity contribution < 1.29 is 29.0 Å². The van der Waals surface area contributed by atoms with Crippen LogP contribution in [0.4, 0.5) is 0 Å². The maximum Gasteiger partial charge on any atom is 0.312 e. The maximum atomic E-state index is 14.5. The zero-order valence-electron chi connectivity index (χ0n) is 23.3. The molecule has 1 aromatic carbocycles. The molecule has 2 aromatic rings. The van der Waals surface area contributed by atoms with Crippen LogP contribution >= 0.6 is 0 Å². The number of nitrogens with zero attached hydrogens (tertiary/aromatic N) is 5. The van der Waals surface area contributed by atoms with Gasteiger partial charge in [0.05, 0.1) is 23.6 Å². The Morgan fingerprint density at radius 2 is 2.02 bits per heavy atom. The number of para-hydroxylation sites is 1. The maximum absolute atomic E-state index is 14.5. The van der Waals surface area contributed by atoms with E-state index in [4.69, 9.17) is 14.6 Å². The van der Waals surface area contributed by atoms with Crippen molar-refractivity contribution in [3.05, 3.63) is 36.9 Å². The molecule has 3 aliphatic rings. The fraction of sp³-hybridized carbons (Fsp3) is 0.621. The van der Waals surface area contributed by atoms with Crippen molar-refractivity contribution in [2.75, 3.05) is 26.3 Å². The Morgan fingerprint density at radius 3 is 2.77 bits per heavy atom. The van der Waals surface area contributed by atoms with Crippen molar-refractivity contribution in [3.8, 4) is 0 Å². The smallest absolute Gasteiger partial charge is 0.312 e. The molecule has 1 N–H and O–H groups in total. The lowest BCUT2D eigenvalue weighted by Crippen LogP contribution is -2.56. The van der Waals surface area contributed by atoms with Gasteiger partial charge in [0.2, 0.25) is 11.8 Å². The summed E-state index contributed by atoms with van der Waals surface area (Å²) in [5, 5.41) is 17.6. The van der Waals surface area contributed by atoms with Gasteiger partial charge in [-0.25, -0.2) is 4.68 Å². The first-order valence-electron chi connectivity index (χ1n) is 14.3. The third-order valence-corrected chi connectivity index (χ3v) is 8.74. The fourth-order valence-corrected chi connectivity index (χ4v) is 7.01. The Hall–Kier alpha value is -3.31. The summed E-state index contributed by atoms with van der Waals surface area (Å²) in [6, 6.07) is 6.63. The molecule has 11 heteroatoms. The zero-order valence-corrected chi connectivity index (χ0v) is 23.3. The first-order chi connectivity index (χ1) is 19.3. The lowest BCUT2D eigenvalue weighted by molar-refractivity contribution is -0.160. The molecule has 3 saturated heterocycles. The van der Waals surface area contributed by atoms with E-state index in [1.165, 1.54) is 0 Å². The number of ether oxygens (including phenoxy) is 2. The first-order valence-corrected chi connectivity index (χ1v) is 14.3. The number of unbranched alkanes of at least 4 members (excludes halogenated alkanes) is 3. The van der Waals surface area contributed by atoms with Gasteiger partial charge in [-0.2, -0.15) is 0 Å². The molecular weight excluding hydrogens is 514 g/mol. The third kappa shape index (κ3) is 4.58. The topological polar surface area (TPSA) is 127 Å². The van der Waals surface area contributed by atoms with Crippen molar-refractivity contribution >= 4 is 28.8 Å². The Bertz CT molecular complexity index is 1280. The predicted molar refractivity (Wildman–Crippen MR) is 146 cm³/mol.